The number of fused-ring (bicyclic) bond motifs is 1. The quantitative estimate of drug-likeness (QED) is 0.124. The average Bonchev–Trinajstić information content (AvgIpc) is 3.13. The number of carbonyl (C=O) groups excluding carboxylic acids is 1. The molecule has 1 atom stereocenters. The van der Waals surface area contributed by atoms with Crippen LogP contribution in [0.3, 0.4) is 0 Å². The minimum atomic E-state index is -0.439. The summed E-state index contributed by atoms with van der Waals surface area (Å²) in [6, 6.07) is 22.8. The number of hydrogen-bond donors (Lipinski definition) is 1. The van der Waals surface area contributed by atoms with Crippen LogP contribution >= 0.6 is 0 Å². The Labute approximate surface area is 233 Å². The van der Waals surface area contributed by atoms with Crippen molar-refractivity contribution in [2.24, 2.45) is 10.2 Å². The summed E-state index contributed by atoms with van der Waals surface area (Å²) in [5.41, 5.74) is 4.44. The molecule has 3 aromatic rings. The number of rotatable bonds is 8. The fourth-order valence-corrected chi connectivity index (χ4v) is 4.82. The van der Waals surface area contributed by atoms with E-state index in [1.165, 1.54) is 6.92 Å². The molecule has 0 spiro atoms. The van der Waals surface area contributed by atoms with Gasteiger partial charge in [0.15, 0.2) is 0 Å². The van der Waals surface area contributed by atoms with E-state index in [-0.39, 0.29) is 28.6 Å². The second-order valence-electron chi connectivity index (χ2n) is 8.98. The van der Waals surface area contributed by atoms with Crippen LogP contribution in [0.2, 0.25) is 0 Å². The van der Waals surface area contributed by atoms with Gasteiger partial charge in [-0.3, -0.25) is 4.79 Å². The van der Waals surface area contributed by atoms with Gasteiger partial charge >= 0.3 is 5.97 Å². The fraction of sp³-hybridized carbons (Fsp3) is 0.233. The topological polar surface area (TPSA) is 83.7 Å². The van der Waals surface area contributed by atoms with Crippen molar-refractivity contribution in [3.05, 3.63) is 101 Å². The zero-order chi connectivity index (χ0) is 26.4. The summed E-state index contributed by atoms with van der Waals surface area (Å²) in [5, 5.41) is 18.3. The van der Waals surface area contributed by atoms with Gasteiger partial charge in [0.05, 0.1) is 13.3 Å². The predicted octanol–water partition coefficient (Wildman–Crippen LogP) is 5.83. The van der Waals surface area contributed by atoms with E-state index in [9.17, 15) is 9.90 Å². The van der Waals surface area contributed by atoms with Gasteiger partial charge in [-0.15, -0.1) is 5.10 Å². The summed E-state index contributed by atoms with van der Waals surface area (Å²) in [6.07, 6.45) is 4.19. The smallest absolute Gasteiger partial charge is 0.308 e. The van der Waals surface area contributed by atoms with Crippen LogP contribution in [0.4, 0.5) is 5.69 Å². The van der Waals surface area contributed by atoms with Crippen molar-refractivity contribution in [2.45, 2.75) is 32.6 Å². The molecule has 3 aromatic carbocycles. The van der Waals surface area contributed by atoms with Crippen molar-refractivity contribution in [3.8, 4) is 11.5 Å². The van der Waals surface area contributed by atoms with Gasteiger partial charge in [0, 0.05) is 52.6 Å². The van der Waals surface area contributed by atoms with Gasteiger partial charge in [-0.25, -0.2) is 0 Å². The number of anilines is 1. The van der Waals surface area contributed by atoms with Gasteiger partial charge in [-0.1, -0.05) is 30.3 Å². The molecule has 0 aromatic heterocycles. The number of carbonyl (C=O) groups is 1. The van der Waals surface area contributed by atoms with Crippen molar-refractivity contribution in [1.29, 1.82) is 0 Å². The molecule has 1 unspecified atom stereocenters. The Bertz CT molecular complexity index is 1370. The standard InChI is InChI=1S/C30H31N3O4.Co/c1-5-33-27-15-14-24(36-4)19-26(27)30(3,20-22-10-9-13-25(18-22)37-21(2)34)28(33)16-17-31-32-29(35)23-11-7-6-8-12-23;/h6-19H,5,20H2,1-4H3,(H,32,35);/b28-16-,31-17+;. The Hall–Kier alpha value is -3.88. The summed E-state index contributed by atoms with van der Waals surface area (Å²) in [7, 11) is 1.66. The van der Waals surface area contributed by atoms with Gasteiger partial charge in [0.25, 0.3) is 0 Å². The van der Waals surface area contributed by atoms with Crippen molar-refractivity contribution in [1.82, 2.24) is 0 Å². The molecule has 0 fully saturated rings. The van der Waals surface area contributed by atoms with Crippen LogP contribution < -0.4 is 14.4 Å². The Morgan fingerprint density at radius 2 is 1.82 bits per heavy atom. The van der Waals surface area contributed by atoms with Gasteiger partial charge in [0.2, 0.25) is 5.90 Å². The minimum Gasteiger partial charge on any atom is -0.497 e. The number of ether oxygens (including phenoxy) is 2. The Morgan fingerprint density at radius 1 is 1.05 bits per heavy atom. The predicted molar refractivity (Wildman–Crippen MR) is 147 cm³/mol. The molecular weight excluding hydrogens is 525 g/mol. The first-order chi connectivity index (χ1) is 17.9. The third kappa shape index (κ3) is 6.15. The molecule has 199 valence electrons. The van der Waals surface area contributed by atoms with Crippen LogP contribution in [-0.2, 0) is 33.4 Å². The van der Waals surface area contributed by atoms with Crippen LogP contribution in [0, 0.1) is 0 Å². The Morgan fingerprint density at radius 3 is 2.50 bits per heavy atom. The monoisotopic (exact) mass is 556 g/mol. The van der Waals surface area contributed by atoms with Crippen molar-refractivity contribution in [3.63, 3.8) is 0 Å². The van der Waals surface area contributed by atoms with E-state index < -0.39 is 5.41 Å². The normalized spacial score (nSPS) is 17.8. The molecule has 0 saturated heterocycles. The zero-order valence-electron chi connectivity index (χ0n) is 21.8. The largest absolute Gasteiger partial charge is 0.497 e. The van der Waals surface area contributed by atoms with E-state index >= 15 is 0 Å². The van der Waals surface area contributed by atoms with Gasteiger partial charge in [0.1, 0.15) is 11.5 Å². The van der Waals surface area contributed by atoms with Crippen LogP contribution in [0.5, 0.6) is 11.5 Å². The minimum absolute atomic E-state index is 0. The Balaban J connectivity index is 0.00000400. The van der Waals surface area contributed by atoms with Crippen molar-refractivity contribution in [2.75, 3.05) is 18.6 Å². The van der Waals surface area contributed by atoms with E-state index in [0.29, 0.717) is 17.7 Å². The molecule has 0 amide bonds. The molecule has 1 N–H and O–H groups in total. The number of esters is 1. The summed E-state index contributed by atoms with van der Waals surface area (Å²) in [5.74, 6) is 0.796. The van der Waals surface area contributed by atoms with E-state index in [1.807, 2.05) is 48.5 Å². The Kier molecular flexibility index (Phi) is 9.49. The molecule has 38 heavy (non-hydrogen) atoms. The van der Waals surface area contributed by atoms with Crippen LogP contribution in [0.1, 0.15) is 37.5 Å². The number of benzene rings is 3. The maximum Gasteiger partial charge on any atom is 0.308 e. The fourth-order valence-electron chi connectivity index (χ4n) is 4.82. The molecule has 0 aliphatic carbocycles. The summed E-state index contributed by atoms with van der Waals surface area (Å²) >= 11 is 0. The third-order valence-electron chi connectivity index (χ3n) is 6.46. The number of methoxy groups -OCH3 is 1. The van der Waals surface area contributed by atoms with Crippen molar-refractivity contribution < 1.29 is 36.2 Å². The number of hydrogen-bond acceptors (Lipinski definition) is 6. The summed E-state index contributed by atoms with van der Waals surface area (Å²) in [4.78, 5) is 13.7. The van der Waals surface area contributed by atoms with E-state index in [4.69, 9.17) is 9.47 Å². The first kappa shape index (κ1) is 28.7. The first-order valence-corrected chi connectivity index (χ1v) is 12.1. The molecule has 0 saturated carbocycles. The number of likely N-dealkylation sites (N-methyl/N-ethyl adjacent to an activating group) is 1. The average molecular weight is 557 g/mol. The maximum atomic E-state index is 11.5. The van der Waals surface area contributed by atoms with Gasteiger partial charge in [-0.2, -0.15) is 5.10 Å². The molecule has 4 rings (SSSR count). The van der Waals surface area contributed by atoms with E-state index in [0.717, 1.165) is 34.8 Å². The zero-order valence-corrected chi connectivity index (χ0v) is 22.9. The van der Waals surface area contributed by atoms with E-state index in [2.05, 4.69) is 41.1 Å². The molecule has 1 heterocycles. The maximum absolute atomic E-state index is 11.5. The molecule has 1 aliphatic heterocycles. The summed E-state index contributed by atoms with van der Waals surface area (Å²) in [6.45, 7) is 6.43. The number of aliphatic hydroxyl groups is 1. The summed E-state index contributed by atoms with van der Waals surface area (Å²) < 4.78 is 10.9. The van der Waals surface area contributed by atoms with Crippen molar-refractivity contribution >= 4 is 23.8 Å². The number of allylic oxidation sites excluding steroid dienone is 2. The van der Waals surface area contributed by atoms with Crippen LogP contribution in [0.15, 0.2) is 94.8 Å². The van der Waals surface area contributed by atoms with Gasteiger partial charge in [-0.05, 0) is 79.9 Å². The molecule has 1 aliphatic rings. The molecule has 1 radical (unpaired) electrons. The molecule has 0 bridgehead atoms. The molecule has 7 nitrogen and oxygen atoms in total. The molecule has 8 heteroatoms. The number of nitrogens with zero attached hydrogens (tertiary/aromatic N) is 3. The number of aliphatic hydroxyl groups excluding tert-OH is 1. The third-order valence-corrected chi connectivity index (χ3v) is 6.46. The van der Waals surface area contributed by atoms with E-state index in [1.54, 1.807) is 31.5 Å². The second-order valence-corrected chi connectivity index (χ2v) is 8.98. The second kappa shape index (κ2) is 12.6. The SMILES string of the molecule is CCN1\C(=C/C=N/N=C(\O)c2ccccc2)C(C)(Cc2cccc(OC(C)=O)c2)c2cc(OC)ccc21.[Co]. The molecular formula is C30H31CoN3O4. The van der Waals surface area contributed by atoms with Gasteiger partial charge < -0.3 is 19.5 Å². The first-order valence-electron chi connectivity index (χ1n) is 12.1. The van der Waals surface area contributed by atoms with Crippen LogP contribution in [-0.4, -0.2) is 36.8 Å². The van der Waals surface area contributed by atoms with Crippen LogP contribution in [0.25, 0.3) is 0 Å².